The van der Waals surface area contributed by atoms with E-state index in [-0.39, 0.29) is 12.3 Å². The van der Waals surface area contributed by atoms with Crippen molar-refractivity contribution >= 4 is 16.9 Å². The summed E-state index contributed by atoms with van der Waals surface area (Å²) in [5.41, 5.74) is 2.66. The lowest BCUT2D eigenvalue weighted by Gasteiger charge is -2.10. The van der Waals surface area contributed by atoms with E-state index in [0.29, 0.717) is 6.54 Å². The van der Waals surface area contributed by atoms with Crippen molar-refractivity contribution in [2.45, 2.75) is 19.9 Å². The molecular formula is C20H18N4O2. The summed E-state index contributed by atoms with van der Waals surface area (Å²) >= 11 is 0. The van der Waals surface area contributed by atoms with Crippen LogP contribution in [0.3, 0.4) is 0 Å². The minimum absolute atomic E-state index is 0.0555. The Morgan fingerprint density at radius 3 is 2.92 bits per heavy atom. The number of furan rings is 1. The van der Waals surface area contributed by atoms with Gasteiger partial charge in [0.25, 0.3) is 0 Å². The van der Waals surface area contributed by atoms with Crippen LogP contribution in [0.2, 0.25) is 0 Å². The van der Waals surface area contributed by atoms with Crippen molar-refractivity contribution in [2.75, 3.05) is 0 Å². The van der Waals surface area contributed by atoms with Gasteiger partial charge in [0.05, 0.1) is 6.42 Å². The van der Waals surface area contributed by atoms with Crippen molar-refractivity contribution in [2.24, 2.45) is 0 Å². The first-order valence-electron chi connectivity index (χ1n) is 8.38. The van der Waals surface area contributed by atoms with Crippen molar-refractivity contribution in [1.82, 2.24) is 19.9 Å². The number of fused-ring (bicyclic) bond motifs is 1. The Morgan fingerprint density at radius 2 is 2.08 bits per heavy atom. The number of aryl methyl sites for hydroxylation is 1. The molecule has 0 aliphatic carbocycles. The molecule has 26 heavy (non-hydrogen) atoms. The van der Waals surface area contributed by atoms with E-state index in [4.69, 9.17) is 4.42 Å². The normalized spacial score (nSPS) is 11.0. The monoisotopic (exact) mass is 346 g/mol. The number of pyridine rings is 1. The molecule has 0 spiro atoms. The third kappa shape index (κ3) is 3.09. The molecule has 3 heterocycles. The standard InChI is InChI=1S/C20H18N4O2/c1-14-17(16-6-2-3-7-18(16)26-14)11-19(25)23-12-15-5-4-8-22-20(15)24-10-9-21-13-24/h2-10,13H,11-12H2,1H3,(H,23,25). The van der Waals surface area contributed by atoms with Gasteiger partial charge in [-0.3, -0.25) is 9.36 Å². The van der Waals surface area contributed by atoms with E-state index in [1.54, 1.807) is 18.7 Å². The highest BCUT2D eigenvalue weighted by molar-refractivity contribution is 5.88. The molecule has 0 aliphatic rings. The number of para-hydroxylation sites is 1. The maximum Gasteiger partial charge on any atom is 0.224 e. The molecule has 1 aromatic carbocycles. The lowest BCUT2D eigenvalue weighted by molar-refractivity contribution is -0.120. The predicted molar refractivity (Wildman–Crippen MR) is 97.9 cm³/mol. The zero-order valence-corrected chi connectivity index (χ0v) is 14.3. The number of nitrogens with one attached hydrogen (secondary N) is 1. The smallest absolute Gasteiger partial charge is 0.224 e. The average Bonchev–Trinajstić information content (AvgIpc) is 3.29. The number of carbonyl (C=O) groups excluding carboxylic acids is 1. The van der Waals surface area contributed by atoms with Crippen LogP contribution in [-0.2, 0) is 17.8 Å². The number of benzene rings is 1. The second kappa shape index (κ2) is 6.84. The van der Waals surface area contributed by atoms with Crippen LogP contribution in [0, 0.1) is 6.92 Å². The number of hydrogen-bond acceptors (Lipinski definition) is 4. The molecule has 1 amide bonds. The molecule has 0 saturated heterocycles. The second-order valence-corrected chi connectivity index (χ2v) is 6.04. The number of nitrogens with zero attached hydrogens (tertiary/aromatic N) is 3. The van der Waals surface area contributed by atoms with Crippen molar-refractivity contribution in [1.29, 1.82) is 0 Å². The molecule has 0 atom stereocenters. The van der Waals surface area contributed by atoms with Crippen molar-refractivity contribution in [3.05, 3.63) is 78.2 Å². The number of hydrogen-bond donors (Lipinski definition) is 1. The molecule has 0 saturated carbocycles. The Bertz CT molecular complexity index is 1050. The number of imidazole rings is 1. The van der Waals surface area contributed by atoms with Gasteiger partial charge < -0.3 is 9.73 Å². The fraction of sp³-hybridized carbons (Fsp3) is 0.150. The van der Waals surface area contributed by atoms with Crippen molar-refractivity contribution < 1.29 is 9.21 Å². The first kappa shape index (κ1) is 16.1. The van der Waals surface area contributed by atoms with Crippen LogP contribution in [0.4, 0.5) is 0 Å². The summed E-state index contributed by atoms with van der Waals surface area (Å²) in [5.74, 6) is 1.48. The Labute approximate surface area is 150 Å². The topological polar surface area (TPSA) is 73.0 Å². The molecule has 6 heteroatoms. The third-order valence-corrected chi connectivity index (χ3v) is 4.33. The minimum atomic E-state index is -0.0555. The summed E-state index contributed by atoms with van der Waals surface area (Å²) in [4.78, 5) is 20.9. The number of amides is 1. The lowest BCUT2D eigenvalue weighted by Crippen LogP contribution is -2.25. The number of aromatic nitrogens is 3. The second-order valence-electron chi connectivity index (χ2n) is 6.04. The molecule has 4 rings (SSSR count). The maximum absolute atomic E-state index is 12.5. The predicted octanol–water partition coefficient (Wildman–Crippen LogP) is 3.18. The van der Waals surface area contributed by atoms with E-state index in [1.807, 2.05) is 54.1 Å². The van der Waals surface area contributed by atoms with Crippen LogP contribution in [0.15, 0.2) is 65.7 Å². The van der Waals surface area contributed by atoms with Gasteiger partial charge in [-0.15, -0.1) is 0 Å². The first-order valence-corrected chi connectivity index (χ1v) is 8.38. The Hall–Kier alpha value is -3.41. The van der Waals surface area contributed by atoms with Crippen LogP contribution >= 0.6 is 0 Å². The van der Waals surface area contributed by atoms with E-state index in [1.165, 1.54) is 0 Å². The fourth-order valence-corrected chi connectivity index (χ4v) is 3.04. The van der Waals surface area contributed by atoms with Gasteiger partial charge >= 0.3 is 0 Å². The summed E-state index contributed by atoms with van der Waals surface area (Å²) in [5, 5.41) is 3.96. The Balaban J connectivity index is 1.49. The molecule has 0 bridgehead atoms. The van der Waals surface area contributed by atoms with Crippen LogP contribution < -0.4 is 5.32 Å². The summed E-state index contributed by atoms with van der Waals surface area (Å²) in [6.07, 6.45) is 7.22. The van der Waals surface area contributed by atoms with E-state index in [9.17, 15) is 4.79 Å². The van der Waals surface area contributed by atoms with Gasteiger partial charge in [0.15, 0.2) is 0 Å². The summed E-state index contributed by atoms with van der Waals surface area (Å²) in [7, 11) is 0. The van der Waals surface area contributed by atoms with E-state index in [2.05, 4.69) is 15.3 Å². The van der Waals surface area contributed by atoms with Gasteiger partial charge in [0.1, 0.15) is 23.5 Å². The summed E-state index contributed by atoms with van der Waals surface area (Å²) in [6, 6.07) is 11.6. The molecular weight excluding hydrogens is 328 g/mol. The van der Waals surface area contributed by atoms with Gasteiger partial charge in [-0.25, -0.2) is 9.97 Å². The molecule has 0 fully saturated rings. The Morgan fingerprint density at radius 1 is 1.19 bits per heavy atom. The Kier molecular flexibility index (Phi) is 4.23. The maximum atomic E-state index is 12.5. The highest BCUT2D eigenvalue weighted by Gasteiger charge is 2.14. The van der Waals surface area contributed by atoms with Gasteiger partial charge in [-0.05, 0) is 19.1 Å². The van der Waals surface area contributed by atoms with Crippen LogP contribution in [0.1, 0.15) is 16.9 Å². The summed E-state index contributed by atoms with van der Waals surface area (Å²) in [6.45, 7) is 2.29. The quantitative estimate of drug-likeness (QED) is 0.602. The number of rotatable bonds is 5. The van der Waals surface area contributed by atoms with Crippen LogP contribution in [0.25, 0.3) is 16.8 Å². The van der Waals surface area contributed by atoms with Gasteiger partial charge in [0.2, 0.25) is 5.91 Å². The first-order chi connectivity index (χ1) is 12.7. The van der Waals surface area contributed by atoms with Gasteiger partial charge in [-0.2, -0.15) is 0 Å². The largest absolute Gasteiger partial charge is 0.461 e. The average molecular weight is 346 g/mol. The molecule has 6 nitrogen and oxygen atoms in total. The van der Waals surface area contributed by atoms with Gasteiger partial charge in [0, 0.05) is 41.6 Å². The van der Waals surface area contributed by atoms with Crippen LogP contribution in [-0.4, -0.2) is 20.4 Å². The molecule has 1 N–H and O–H groups in total. The molecule has 3 aromatic heterocycles. The third-order valence-electron chi connectivity index (χ3n) is 4.33. The number of carbonyl (C=O) groups is 1. The molecule has 0 aliphatic heterocycles. The highest BCUT2D eigenvalue weighted by atomic mass is 16.3. The lowest BCUT2D eigenvalue weighted by atomic mass is 10.1. The molecule has 0 radical (unpaired) electrons. The summed E-state index contributed by atoms with van der Waals surface area (Å²) < 4.78 is 7.56. The molecule has 4 aromatic rings. The zero-order valence-electron chi connectivity index (χ0n) is 14.3. The zero-order chi connectivity index (χ0) is 17.9. The molecule has 130 valence electrons. The van der Waals surface area contributed by atoms with Gasteiger partial charge in [-0.1, -0.05) is 24.3 Å². The fourth-order valence-electron chi connectivity index (χ4n) is 3.04. The highest BCUT2D eigenvalue weighted by Crippen LogP contribution is 2.25. The van der Waals surface area contributed by atoms with E-state index < -0.39 is 0 Å². The van der Waals surface area contributed by atoms with Crippen LogP contribution in [0.5, 0.6) is 0 Å². The SMILES string of the molecule is Cc1oc2ccccc2c1CC(=O)NCc1cccnc1-n1ccnc1. The van der Waals surface area contributed by atoms with E-state index in [0.717, 1.165) is 33.7 Å². The van der Waals surface area contributed by atoms with Crippen molar-refractivity contribution in [3.63, 3.8) is 0 Å². The van der Waals surface area contributed by atoms with Crippen molar-refractivity contribution in [3.8, 4) is 5.82 Å². The molecule has 0 unspecified atom stereocenters. The van der Waals surface area contributed by atoms with E-state index >= 15 is 0 Å². The minimum Gasteiger partial charge on any atom is -0.461 e.